The van der Waals surface area contributed by atoms with Crippen LogP contribution in [0.3, 0.4) is 0 Å². The topological polar surface area (TPSA) is 58.6 Å². The molecule has 1 aliphatic heterocycles. The molecule has 1 N–H and O–H groups in total. The van der Waals surface area contributed by atoms with Crippen molar-refractivity contribution in [1.82, 2.24) is 9.62 Å². The first-order valence-electron chi connectivity index (χ1n) is 6.86. The van der Waals surface area contributed by atoms with E-state index >= 15 is 0 Å². The molecule has 1 fully saturated rings. The average Bonchev–Trinajstić information content (AvgIpc) is 2.54. The summed E-state index contributed by atoms with van der Waals surface area (Å²) in [5.74, 6) is 0.233. The highest BCUT2D eigenvalue weighted by atomic mass is 32.2. The summed E-state index contributed by atoms with van der Waals surface area (Å²) in [4.78, 5) is 0. The summed E-state index contributed by atoms with van der Waals surface area (Å²) < 4.78 is 31.4. The van der Waals surface area contributed by atoms with Crippen molar-refractivity contribution < 1.29 is 13.2 Å². The number of nitrogens with zero attached hydrogens (tertiary/aromatic N) is 1. The SMILES string of the molecule is CCCNCCCS(=O)(=O)N1CCCOC(C)C1. The van der Waals surface area contributed by atoms with E-state index in [1.165, 1.54) is 0 Å². The highest BCUT2D eigenvalue weighted by Crippen LogP contribution is 2.11. The molecule has 108 valence electrons. The van der Waals surface area contributed by atoms with Gasteiger partial charge in [0.2, 0.25) is 10.0 Å². The maximum atomic E-state index is 12.2. The fourth-order valence-electron chi connectivity index (χ4n) is 2.02. The first kappa shape index (κ1) is 15.9. The Bertz CT molecular complexity index is 319. The molecule has 1 unspecified atom stereocenters. The molecule has 5 nitrogen and oxygen atoms in total. The summed E-state index contributed by atoms with van der Waals surface area (Å²) in [5, 5.41) is 3.22. The Morgan fingerprint density at radius 2 is 2.17 bits per heavy atom. The normalized spacial score (nSPS) is 22.9. The van der Waals surface area contributed by atoms with E-state index < -0.39 is 10.0 Å². The van der Waals surface area contributed by atoms with Crippen molar-refractivity contribution >= 4 is 10.0 Å². The second kappa shape index (κ2) is 8.09. The third kappa shape index (κ3) is 5.65. The van der Waals surface area contributed by atoms with Crippen molar-refractivity contribution in [2.75, 3.05) is 38.5 Å². The highest BCUT2D eigenvalue weighted by molar-refractivity contribution is 7.89. The van der Waals surface area contributed by atoms with Crippen LogP contribution in [0.25, 0.3) is 0 Å². The third-order valence-corrected chi connectivity index (χ3v) is 4.91. The quantitative estimate of drug-likeness (QED) is 0.700. The Labute approximate surface area is 111 Å². The molecule has 1 aliphatic rings. The van der Waals surface area contributed by atoms with Crippen LogP contribution in [0.2, 0.25) is 0 Å². The number of ether oxygens (including phenoxy) is 1. The van der Waals surface area contributed by atoms with E-state index in [2.05, 4.69) is 12.2 Å². The first-order valence-corrected chi connectivity index (χ1v) is 8.47. The minimum absolute atomic E-state index is 0.000455. The van der Waals surface area contributed by atoms with Gasteiger partial charge in [-0.3, -0.25) is 0 Å². The Morgan fingerprint density at radius 1 is 1.39 bits per heavy atom. The van der Waals surface area contributed by atoms with Crippen LogP contribution in [-0.2, 0) is 14.8 Å². The molecule has 0 saturated carbocycles. The van der Waals surface area contributed by atoms with Crippen molar-refractivity contribution in [3.63, 3.8) is 0 Å². The lowest BCUT2D eigenvalue weighted by Crippen LogP contribution is -2.38. The van der Waals surface area contributed by atoms with Gasteiger partial charge in [-0.25, -0.2) is 8.42 Å². The van der Waals surface area contributed by atoms with E-state index in [0.717, 1.165) is 25.9 Å². The zero-order chi connectivity index (χ0) is 13.4. The van der Waals surface area contributed by atoms with E-state index in [1.807, 2.05) is 6.92 Å². The molecule has 0 aliphatic carbocycles. The molecule has 0 aromatic rings. The third-order valence-electron chi connectivity index (χ3n) is 2.99. The van der Waals surface area contributed by atoms with Gasteiger partial charge in [-0.05, 0) is 39.3 Å². The van der Waals surface area contributed by atoms with Gasteiger partial charge in [0.05, 0.1) is 11.9 Å². The fourth-order valence-corrected chi connectivity index (χ4v) is 3.63. The van der Waals surface area contributed by atoms with Gasteiger partial charge in [0.1, 0.15) is 0 Å². The molecule has 6 heteroatoms. The van der Waals surface area contributed by atoms with E-state index in [1.54, 1.807) is 4.31 Å². The maximum absolute atomic E-state index is 12.2. The summed E-state index contributed by atoms with van der Waals surface area (Å²) in [6, 6.07) is 0. The molecule has 1 saturated heterocycles. The lowest BCUT2D eigenvalue weighted by atomic mass is 10.4. The van der Waals surface area contributed by atoms with E-state index in [4.69, 9.17) is 4.74 Å². The van der Waals surface area contributed by atoms with Crippen LogP contribution in [0.5, 0.6) is 0 Å². The first-order chi connectivity index (χ1) is 8.56. The van der Waals surface area contributed by atoms with Gasteiger partial charge in [0.15, 0.2) is 0 Å². The molecule has 0 aromatic carbocycles. The molecule has 0 radical (unpaired) electrons. The van der Waals surface area contributed by atoms with Crippen LogP contribution >= 0.6 is 0 Å². The number of rotatable bonds is 7. The molecular weight excluding hydrogens is 252 g/mol. The minimum atomic E-state index is -3.11. The van der Waals surface area contributed by atoms with Gasteiger partial charge < -0.3 is 10.1 Å². The van der Waals surface area contributed by atoms with Crippen LogP contribution < -0.4 is 5.32 Å². The summed E-state index contributed by atoms with van der Waals surface area (Å²) in [7, 11) is -3.11. The number of nitrogens with one attached hydrogen (secondary N) is 1. The van der Waals surface area contributed by atoms with Crippen molar-refractivity contribution in [2.45, 2.75) is 39.2 Å². The molecular formula is C12H26N2O3S. The Balaban J connectivity index is 2.36. The summed E-state index contributed by atoms with van der Waals surface area (Å²) >= 11 is 0. The van der Waals surface area contributed by atoms with E-state index in [0.29, 0.717) is 26.1 Å². The lowest BCUT2D eigenvalue weighted by molar-refractivity contribution is 0.0752. The number of hydrogen-bond acceptors (Lipinski definition) is 4. The van der Waals surface area contributed by atoms with E-state index in [9.17, 15) is 8.42 Å². The molecule has 18 heavy (non-hydrogen) atoms. The van der Waals surface area contributed by atoms with Crippen molar-refractivity contribution in [1.29, 1.82) is 0 Å². The lowest BCUT2D eigenvalue weighted by Gasteiger charge is -2.21. The molecule has 0 bridgehead atoms. The van der Waals surface area contributed by atoms with Crippen molar-refractivity contribution in [2.24, 2.45) is 0 Å². The van der Waals surface area contributed by atoms with Crippen molar-refractivity contribution in [3.8, 4) is 0 Å². The molecule has 0 amide bonds. The fraction of sp³-hybridized carbons (Fsp3) is 1.00. The Hall–Kier alpha value is -0.170. The van der Waals surface area contributed by atoms with Gasteiger partial charge in [0, 0.05) is 19.7 Å². The van der Waals surface area contributed by atoms with Crippen LogP contribution in [-0.4, -0.2) is 57.4 Å². The average molecular weight is 278 g/mol. The predicted molar refractivity (Wildman–Crippen MR) is 73.2 cm³/mol. The second-order valence-electron chi connectivity index (χ2n) is 4.81. The zero-order valence-electron chi connectivity index (χ0n) is 11.5. The Morgan fingerprint density at radius 3 is 2.89 bits per heavy atom. The molecule has 1 rings (SSSR count). The summed E-state index contributed by atoms with van der Waals surface area (Å²) in [6.07, 6.45) is 2.54. The summed E-state index contributed by atoms with van der Waals surface area (Å²) in [5.41, 5.74) is 0. The standard InChI is InChI=1S/C12H26N2O3S/c1-3-6-13-7-4-10-18(15,16)14-8-5-9-17-12(2)11-14/h12-13H,3-11H2,1-2H3. The second-order valence-corrected chi connectivity index (χ2v) is 6.90. The van der Waals surface area contributed by atoms with Gasteiger partial charge >= 0.3 is 0 Å². The predicted octanol–water partition coefficient (Wildman–Crippen LogP) is 0.817. The van der Waals surface area contributed by atoms with Crippen LogP contribution in [0.4, 0.5) is 0 Å². The smallest absolute Gasteiger partial charge is 0.214 e. The van der Waals surface area contributed by atoms with Crippen molar-refractivity contribution in [3.05, 3.63) is 0 Å². The zero-order valence-corrected chi connectivity index (χ0v) is 12.3. The largest absolute Gasteiger partial charge is 0.377 e. The molecule has 0 spiro atoms. The van der Waals surface area contributed by atoms with Crippen LogP contribution in [0, 0.1) is 0 Å². The molecule has 0 aromatic heterocycles. The molecule has 1 atom stereocenters. The minimum Gasteiger partial charge on any atom is -0.377 e. The van der Waals surface area contributed by atoms with Gasteiger partial charge in [0.25, 0.3) is 0 Å². The monoisotopic (exact) mass is 278 g/mol. The van der Waals surface area contributed by atoms with Gasteiger partial charge in [-0.1, -0.05) is 6.92 Å². The summed E-state index contributed by atoms with van der Waals surface area (Å²) in [6.45, 7) is 7.49. The Kier molecular flexibility index (Phi) is 7.14. The number of sulfonamides is 1. The molecule has 1 heterocycles. The van der Waals surface area contributed by atoms with Gasteiger partial charge in [-0.15, -0.1) is 0 Å². The highest BCUT2D eigenvalue weighted by Gasteiger charge is 2.25. The van der Waals surface area contributed by atoms with Gasteiger partial charge in [-0.2, -0.15) is 4.31 Å². The number of hydrogen-bond donors (Lipinski definition) is 1. The van der Waals surface area contributed by atoms with Crippen LogP contribution in [0.1, 0.15) is 33.1 Å². The maximum Gasteiger partial charge on any atom is 0.214 e. The van der Waals surface area contributed by atoms with E-state index in [-0.39, 0.29) is 11.9 Å². The van der Waals surface area contributed by atoms with Crippen LogP contribution in [0.15, 0.2) is 0 Å².